The number of rotatable bonds is 13. The van der Waals surface area contributed by atoms with E-state index in [1.54, 1.807) is 0 Å². The maximum atomic E-state index is 13.9. The molecule has 0 radical (unpaired) electrons. The number of carboxylic acid groups (broad SMARTS) is 1. The van der Waals surface area contributed by atoms with Crippen molar-refractivity contribution in [2.24, 2.45) is 5.73 Å². The van der Waals surface area contributed by atoms with Crippen LogP contribution in [0.5, 0.6) is 0 Å². The van der Waals surface area contributed by atoms with E-state index < -0.39 is 54.2 Å². The van der Waals surface area contributed by atoms with Gasteiger partial charge in [-0.25, -0.2) is 13.6 Å². The summed E-state index contributed by atoms with van der Waals surface area (Å²) in [5.74, 6) is -4.69. The molecule has 4 atom stereocenters. The highest BCUT2D eigenvalue weighted by molar-refractivity contribution is 5.73. The number of ether oxygens (including phenoxy) is 4. The molecule has 0 unspecified atom stereocenters. The number of carbonyl (C=O) groups excluding carboxylic acids is 1. The number of alkyl halides is 3. The van der Waals surface area contributed by atoms with Crippen molar-refractivity contribution in [2.75, 3.05) is 20.3 Å². The number of carboxylic acids is 1. The Hall–Kier alpha value is -2.61. The zero-order chi connectivity index (χ0) is 29.4. The van der Waals surface area contributed by atoms with Crippen LogP contribution >= 0.6 is 0 Å². The molecule has 1 aromatic carbocycles. The fourth-order valence-electron chi connectivity index (χ4n) is 3.65. The first-order valence-electron chi connectivity index (χ1n) is 12.5. The summed E-state index contributed by atoms with van der Waals surface area (Å²) in [4.78, 5) is 20.8. The first-order chi connectivity index (χ1) is 18.4. The number of halogens is 5. The number of aliphatic carboxylic acids is 1. The van der Waals surface area contributed by atoms with E-state index in [4.69, 9.17) is 34.6 Å². The number of allylic oxidation sites excluding steroid dienone is 1. The van der Waals surface area contributed by atoms with E-state index in [0.29, 0.717) is 0 Å². The van der Waals surface area contributed by atoms with Gasteiger partial charge in [0.05, 0.1) is 19.8 Å². The van der Waals surface area contributed by atoms with E-state index in [9.17, 15) is 26.7 Å². The standard InChI is InChI=1S/C24H35F2NO5.C2HF3O2/c1-3-4-5-6-7-8-9-10-20-24(32-22(28)14-27)23(29-2)21(16-31-20)30-15-17-11-12-18(25)13-19(17)26;3-2(4,5)1(6)7/h9-13,20-21,23-24H,3-8,14-16,27H2,1-2H3;(H,6,7)/t20-,21+,23-,24+;/m0./s1. The fourth-order valence-corrected chi connectivity index (χ4v) is 3.65. The second-order valence-electron chi connectivity index (χ2n) is 8.68. The highest BCUT2D eigenvalue weighted by Crippen LogP contribution is 2.26. The lowest BCUT2D eigenvalue weighted by Crippen LogP contribution is -2.56. The van der Waals surface area contributed by atoms with Crippen LogP contribution < -0.4 is 5.73 Å². The van der Waals surface area contributed by atoms with E-state index in [-0.39, 0.29) is 25.3 Å². The summed E-state index contributed by atoms with van der Waals surface area (Å²) in [7, 11) is 1.49. The lowest BCUT2D eigenvalue weighted by atomic mass is 9.98. The van der Waals surface area contributed by atoms with Crippen molar-refractivity contribution in [3.63, 3.8) is 0 Å². The normalized spacial score (nSPS) is 21.3. The van der Waals surface area contributed by atoms with Crippen molar-refractivity contribution in [1.29, 1.82) is 0 Å². The van der Waals surface area contributed by atoms with Gasteiger partial charge in [0.2, 0.25) is 0 Å². The Balaban J connectivity index is 0.000000956. The molecule has 13 heteroatoms. The monoisotopic (exact) mass is 569 g/mol. The highest BCUT2D eigenvalue weighted by atomic mass is 19.4. The van der Waals surface area contributed by atoms with Crippen LogP contribution in [-0.4, -0.2) is 67.9 Å². The van der Waals surface area contributed by atoms with Gasteiger partial charge >= 0.3 is 18.1 Å². The van der Waals surface area contributed by atoms with Crippen LogP contribution in [0.2, 0.25) is 0 Å². The number of hydrogen-bond donors (Lipinski definition) is 2. The molecule has 1 aliphatic rings. The number of benzene rings is 1. The van der Waals surface area contributed by atoms with Gasteiger partial charge in [-0.3, -0.25) is 4.79 Å². The molecule has 8 nitrogen and oxygen atoms in total. The van der Waals surface area contributed by atoms with Crippen LogP contribution in [0.25, 0.3) is 0 Å². The predicted molar refractivity (Wildman–Crippen MR) is 131 cm³/mol. The molecule has 1 heterocycles. The molecule has 1 aromatic rings. The van der Waals surface area contributed by atoms with Gasteiger partial charge in [-0.1, -0.05) is 50.8 Å². The van der Waals surface area contributed by atoms with Gasteiger partial charge in [0.25, 0.3) is 0 Å². The summed E-state index contributed by atoms with van der Waals surface area (Å²) in [5.41, 5.74) is 5.63. The molecule has 0 amide bonds. The van der Waals surface area contributed by atoms with Crippen molar-refractivity contribution < 1.29 is 55.6 Å². The van der Waals surface area contributed by atoms with Crippen LogP contribution in [0.1, 0.15) is 51.0 Å². The Morgan fingerprint density at radius 3 is 2.38 bits per heavy atom. The van der Waals surface area contributed by atoms with Gasteiger partial charge in [0.1, 0.15) is 29.9 Å². The minimum Gasteiger partial charge on any atom is -0.475 e. The van der Waals surface area contributed by atoms with Gasteiger partial charge in [-0.2, -0.15) is 13.2 Å². The predicted octanol–water partition coefficient (Wildman–Crippen LogP) is 4.68. The van der Waals surface area contributed by atoms with E-state index >= 15 is 0 Å². The van der Waals surface area contributed by atoms with E-state index in [2.05, 4.69) is 6.92 Å². The first kappa shape index (κ1) is 34.4. The third kappa shape index (κ3) is 12.9. The third-order valence-electron chi connectivity index (χ3n) is 5.68. The number of esters is 1. The summed E-state index contributed by atoms with van der Waals surface area (Å²) in [5, 5.41) is 7.12. The Bertz CT molecular complexity index is 913. The fraction of sp³-hybridized carbons (Fsp3) is 0.615. The maximum Gasteiger partial charge on any atom is 0.490 e. The van der Waals surface area contributed by atoms with E-state index in [0.717, 1.165) is 18.9 Å². The molecule has 1 fully saturated rings. The van der Waals surface area contributed by atoms with Crippen LogP contribution in [0.3, 0.4) is 0 Å². The van der Waals surface area contributed by atoms with Crippen molar-refractivity contribution >= 4 is 11.9 Å². The summed E-state index contributed by atoms with van der Waals surface area (Å²) in [6.07, 6.45) is 3.14. The molecule has 0 spiro atoms. The molecule has 39 heavy (non-hydrogen) atoms. The smallest absolute Gasteiger partial charge is 0.475 e. The SMILES string of the molecule is CCCCCCCC=C[C@@H]1OC[C@@H](OCc2ccc(F)cc2F)[C@H](OC)[C@@H]1OC(=O)CN.O=C(O)C(F)(F)F. The first-order valence-corrected chi connectivity index (χ1v) is 12.5. The van der Waals surface area contributed by atoms with E-state index in [1.807, 2.05) is 12.2 Å². The molecule has 0 aromatic heterocycles. The Morgan fingerprint density at radius 1 is 1.15 bits per heavy atom. The second kappa shape index (κ2) is 17.9. The van der Waals surface area contributed by atoms with Gasteiger partial charge < -0.3 is 29.8 Å². The van der Waals surface area contributed by atoms with Crippen molar-refractivity contribution in [1.82, 2.24) is 0 Å². The number of carbonyl (C=O) groups is 2. The molecule has 0 aliphatic carbocycles. The molecule has 0 saturated carbocycles. The van der Waals surface area contributed by atoms with Crippen LogP contribution in [0.15, 0.2) is 30.4 Å². The lowest BCUT2D eigenvalue weighted by Gasteiger charge is -2.40. The average molecular weight is 570 g/mol. The van der Waals surface area contributed by atoms with Gasteiger partial charge in [-0.05, 0) is 18.9 Å². The molecule has 1 aliphatic heterocycles. The summed E-state index contributed by atoms with van der Waals surface area (Å²) >= 11 is 0. The lowest BCUT2D eigenvalue weighted by molar-refractivity contribution is -0.216. The van der Waals surface area contributed by atoms with Crippen molar-refractivity contribution in [3.8, 4) is 0 Å². The molecule has 2 rings (SSSR count). The quantitative estimate of drug-likeness (QED) is 0.152. The minimum atomic E-state index is -5.08. The topological polar surface area (TPSA) is 117 Å². The van der Waals surface area contributed by atoms with Crippen molar-refractivity contribution in [3.05, 3.63) is 47.5 Å². The van der Waals surface area contributed by atoms with Crippen molar-refractivity contribution in [2.45, 2.75) is 82.6 Å². The summed E-state index contributed by atoms with van der Waals surface area (Å²) in [6, 6.07) is 3.30. The maximum absolute atomic E-state index is 13.9. The third-order valence-corrected chi connectivity index (χ3v) is 5.68. The van der Waals surface area contributed by atoms with Gasteiger partial charge in [0, 0.05) is 18.7 Å². The molecule has 3 N–H and O–H groups in total. The zero-order valence-corrected chi connectivity index (χ0v) is 21.9. The van der Waals surface area contributed by atoms with Gasteiger partial charge in [0.15, 0.2) is 6.10 Å². The molecular weight excluding hydrogens is 533 g/mol. The largest absolute Gasteiger partial charge is 0.490 e. The molecule has 0 bridgehead atoms. The summed E-state index contributed by atoms with van der Waals surface area (Å²) in [6.45, 7) is 1.98. The second-order valence-corrected chi connectivity index (χ2v) is 8.68. The minimum absolute atomic E-state index is 0.101. The number of hydrogen-bond acceptors (Lipinski definition) is 7. The Kier molecular flexibility index (Phi) is 15.8. The number of unbranched alkanes of at least 4 members (excludes halogenated alkanes) is 5. The average Bonchev–Trinajstić information content (AvgIpc) is 2.88. The molecule has 1 saturated heterocycles. The van der Waals surface area contributed by atoms with Crippen LogP contribution in [0, 0.1) is 11.6 Å². The molecular formula is C26H36F5NO7. The zero-order valence-electron chi connectivity index (χ0n) is 21.9. The van der Waals surface area contributed by atoms with Gasteiger partial charge in [-0.15, -0.1) is 0 Å². The highest BCUT2D eigenvalue weighted by Gasteiger charge is 2.43. The molecule has 222 valence electrons. The Morgan fingerprint density at radius 2 is 1.82 bits per heavy atom. The number of methoxy groups -OCH3 is 1. The Labute approximate surface area is 224 Å². The van der Waals surface area contributed by atoms with E-state index in [1.165, 1.54) is 44.9 Å². The summed E-state index contributed by atoms with van der Waals surface area (Å²) < 4.78 is 81.6. The van der Waals surface area contributed by atoms with Crippen LogP contribution in [0.4, 0.5) is 22.0 Å². The number of nitrogens with two attached hydrogens (primary N) is 1. The van der Waals surface area contributed by atoms with Crippen LogP contribution in [-0.2, 0) is 35.1 Å².